The Hall–Kier alpha value is 0.540. The molecule has 1 nitrogen and oxygen atoms in total. The average Bonchev–Trinajstić information content (AvgIpc) is 1.95. The van der Waals surface area contributed by atoms with Crippen LogP contribution >= 0.6 is 24.0 Å². The molecule has 0 spiro atoms. The fraction of sp³-hybridized carbons (Fsp3) is 1.00. The summed E-state index contributed by atoms with van der Waals surface area (Å²) in [5.41, 5.74) is 0. The molecule has 0 saturated heterocycles. The van der Waals surface area contributed by atoms with Gasteiger partial charge < -0.3 is 4.90 Å². The van der Waals surface area contributed by atoms with Gasteiger partial charge in [-0.3, -0.25) is 0 Å². The molecule has 0 amide bonds. The molecule has 1 atom stereocenters. The van der Waals surface area contributed by atoms with Crippen LogP contribution in [0.15, 0.2) is 0 Å². The van der Waals surface area contributed by atoms with Gasteiger partial charge in [0.1, 0.15) is 0 Å². The Morgan fingerprint density at radius 2 is 2.22 bits per heavy atom. The minimum atomic E-state index is -2.61. The number of halogens is 2. The molecule has 0 saturated carbocycles. The fourth-order valence-corrected chi connectivity index (χ4v) is 0.458. The van der Waals surface area contributed by atoms with E-state index in [1.165, 1.54) is 0 Å². The van der Waals surface area contributed by atoms with Gasteiger partial charge in [0, 0.05) is 20.6 Å². The van der Waals surface area contributed by atoms with Crippen LogP contribution in [0.5, 0.6) is 0 Å². The second-order valence-electron chi connectivity index (χ2n) is 1.87. The zero-order valence-electron chi connectivity index (χ0n) is 11.2. The molecule has 0 fully saturated rings. The molecule has 0 aromatic carbocycles. The summed E-state index contributed by atoms with van der Waals surface area (Å²) in [4.78, 5) is 0.521. The van der Waals surface area contributed by atoms with Crippen molar-refractivity contribution in [1.82, 2.24) is 4.90 Å². The maximum Gasteiger partial charge on any atom is 0.0394 e. The summed E-state index contributed by atoms with van der Waals surface area (Å²) in [5.74, 6) is 0.0698. The third-order valence-electron chi connectivity index (χ3n) is 0.758. The van der Waals surface area contributed by atoms with Crippen LogP contribution in [0, 0.1) is 5.92 Å². The maximum atomic E-state index is 7.07. The van der Waals surface area contributed by atoms with E-state index in [1.54, 1.807) is 6.92 Å². The van der Waals surface area contributed by atoms with Crippen molar-refractivity contribution in [2.75, 3.05) is 26.4 Å². The highest BCUT2D eigenvalue weighted by atomic mass is 35.5. The highest BCUT2D eigenvalue weighted by Gasteiger charge is 1.98. The van der Waals surface area contributed by atoms with E-state index in [0.717, 1.165) is 0 Å². The predicted octanol–water partition coefficient (Wildman–Crippen LogP) is 1.84. The summed E-state index contributed by atoms with van der Waals surface area (Å²) in [6.45, 7) is -3.56. The standard InChI is InChI=1S/C6H14ClN.ClH/c1-6(4-7)5-8(2)3;/h6H,4-5H2,1-3H3;1H/i2D3,3D3;. The van der Waals surface area contributed by atoms with E-state index < -0.39 is 14.0 Å². The summed E-state index contributed by atoms with van der Waals surface area (Å²) in [6, 6.07) is 0. The largest absolute Gasteiger partial charge is 0.309 e. The maximum absolute atomic E-state index is 7.07. The summed E-state index contributed by atoms with van der Waals surface area (Å²) < 4.78 is 42.4. The van der Waals surface area contributed by atoms with E-state index in [4.69, 9.17) is 19.8 Å². The lowest BCUT2D eigenvalue weighted by Gasteiger charge is -2.13. The quantitative estimate of drug-likeness (QED) is 0.596. The Bertz CT molecular complexity index is 165. The topological polar surface area (TPSA) is 3.24 Å². The van der Waals surface area contributed by atoms with Crippen LogP contribution in [-0.4, -0.2) is 31.3 Å². The van der Waals surface area contributed by atoms with Gasteiger partial charge in [0.25, 0.3) is 0 Å². The number of rotatable bonds is 3. The molecular weight excluding hydrogens is 157 g/mol. The molecule has 0 rings (SSSR count). The minimum Gasteiger partial charge on any atom is -0.309 e. The molecule has 0 aliphatic carbocycles. The van der Waals surface area contributed by atoms with E-state index in [1.807, 2.05) is 0 Å². The number of nitrogens with zero attached hydrogens (tertiary/aromatic N) is 1. The van der Waals surface area contributed by atoms with Gasteiger partial charge in [-0.1, -0.05) is 6.92 Å². The van der Waals surface area contributed by atoms with Crippen molar-refractivity contribution in [2.45, 2.75) is 6.92 Å². The Kier molecular flexibility index (Phi) is 2.81. The van der Waals surface area contributed by atoms with Gasteiger partial charge in [0.2, 0.25) is 0 Å². The number of alkyl halides is 1. The molecule has 0 heterocycles. The van der Waals surface area contributed by atoms with Crippen LogP contribution in [-0.2, 0) is 0 Å². The van der Waals surface area contributed by atoms with Crippen molar-refractivity contribution in [3.05, 3.63) is 0 Å². The summed E-state index contributed by atoms with van der Waals surface area (Å²) in [7, 11) is 0. The van der Waals surface area contributed by atoms with Gasteiger partial charge >= 0.3 is 0 Å². The summed E-state index contributed by atoms with van der Waals surface area (Å²) in [5, 5.41) is 0. The van der Waals surface area contributed by atoms with Gasteiger partial charge in [-0.2, -0.15) is 0 Å². The van der Waals surface area contributed by atoms with E-state index in [9.17, 15) is 0 Å². The van der Waals surface area contributed by atoms with Gasteiger partial charge in [-0.25, -0.2) is 0 Å². The number of hydrogen-bond donors (Lipinski definition) is 0. The lowest BCUT2D eigenvalue weighted by atomic mass is 10.2. The minimum absolute atomic E-state index is 0. The first-order chi connectivity index (χ1) is 6.09. The van der Waals surface area contributed by atoms with E-state index >= 15 is 0 Å². The average molecular weight is 178 g/mol. The van der Waals surface area contributed by atoms with E-state index in [-0.39, 0.29) is 30.7 Å². The normalized spacial score (nSPS) is 25.7. The molecule has 0 N–H and O–H groups in total. The second-order valence-corrected chi connectivity index (χ2v) is 2.18. The van der Waals surface area contributed by atoms with Gasteiger partial charge in [-0.15, -0.1) is 24.0 Å². The number of hydrogen-bond acceptors (Lipinski definition) is 1. The van der Waals surface area contributed by atoms with Gasteiger partial charge in [0.05, 0.1) is 0 Å². The Morgan fingerprint density at radius 3 is 2.56 bits per heavy atom. The molecule has 0 bridgehead atoms. The Labute approximate surface area is 77.2 Å². The van der Waals surface area contributed by atoms with Crippen molar-refractivity contribution in [2.24, 2.45) is 5.92 Å². The molecule has 0 aliphatic heterocycles. The van der Waals surface area contributed by atoms with Crippen molar-refractivity contribution in [1.29, 1.82) is 0 Å². The van der Waals surface area contributed by atoms with Crippen LogP contribution in [0.3, 0.4) is 0 Å². The molecular formula is C6H15Cl2N. The van der Waals surface area contributed by atoms with Crippen LogP contribution in [0.2, 0.25) is 0 Å². The van der Waals surface area contributed by atoms with Crippen molar-refractivity contribution < 1.29 is 8.22 Å². The monoisotopic (exact) mass is 177 g/mol. The first-order valence-corrected chi connectivity index (χ1v) is 2.96. The van der Waals surface area contributed by atoms with E-state index in [0.29, 0.717) is 4.90 Å². The van der Waals surface area contributed by atoms with Crippen molar-refractivity contribution in [3.8, 4) is 0 Å². The first kappa shape index (κ1) is 3.80. The third-order valence-corrected chi connectivity index (χ3v) is 1.28. The second kappa shape index (κ2) is 6.66. The van der Waals surface area contributed by atoms with Crippen molar-refractivity contribution >= 4 is 24.0 Å². The Balaban J connectivity index is 0. The first-order valence-electron chi connectivity index (χ1n) is 5.42. The molecule has 1 unspecified atom stereocenters. The highest BCUT2D eigenvalue weighted by Crippen LogP contribution is 1.97. The molecule has 0 aromatic heterocycles. The van der Waals surface area contributed by atoms with Gasteiger partial charge in [0.15, 0.2) is 0 Å². The highest BCUT2D eigenvalue weighted by molar-refractivity contribution is 6.18. The fourth-order valence-electron chi connectivity index (χ4n) is 0.360. The molecule has 0 radical (unpaired) electrons. The van der Waals surface area contributed by atoms with Gasteiger partial charge in [-0.05, 0) is 19.9 Å². The van der Waals surface area contributed by atoms with E-state index in [2.05, 4.69) is 0 Å². The zero-order valence-corrected chi connectivity index (χ0v) is 6.80. The summed E-state index contributed by atoms with van der Waals surface area (Å²) in [6.07, 6.45) is 0. The Morgan fingerprint density at radius 1 is 1.67 bits per heavy atom. The predicted molar refractivity (Wildman–Crippen MR) is 45.7 cm³/mol. The van der Waals surface area contributed by atoms with Crippen molar-refractivity contribution in [3.63, 3.8) is 0 Å². The SMILES string of the molecule is Cl.[2H]C([2H])([2H])N(CC(C)CCl)C([2H])([2H])[2H]. The third kappa shape index (κ3) is 8.54. The van der Waals surface area contributed by atoms with Crippen LogP contribution < -0.4 is 0 Å². The molecule has 3 heteroatoms. The smallest absolute Gasteiger partial charge is 0.0394 e. The molecule has 0 aromatic rings. The summed E-state index contributed by atoms with van der Waals surface area (Å²) >= 11 is 5.50. The molecule has 9 heavy (non-hydrogen) atoms. The lowest BCUT2D eigenvalue weighted by Crippen LogP contribution is -2.20. The zero-order chi connectivity index (χ0) is 11.6. The molecule has 0 aliphatic rings. The van der Waals surface area contributed by atoms with Crippen LogP contribution in [0.1, 0.15) is 15.1 Å². The van der Waals surface area contributed by atoms with Crippen LogP contribution in [0.4, 0.5) is 0 Å². The van der Waals surface area contributed by atoms with Crippen LogP contribution in [0.25, 0.3) is 0 Å². The lowest BCUT2D eigenvalue weighted by molar-refractivity contribution is 0.356. The molecule has 58 valence electrons.